The van der Waals surface area contributed by atoms with E-state index in [4.69, 9.17) is 17.3 Å². The average molecular weight is 223 g/mol. The van der Waals surface area contributed by atoms with E-state index in [1.54, 1.807) is 17.1 Å². The predicted octanol–water partition coefficient (Wildman–Crippen LogP) is 2.12. The zero-order chi connectivity index (χ0) is 11.0. The number of nitrogens with zero attached hydrogens (tertiary/aromatic N) is 3. The number of nitrogen functional groups attached to an aromatic ring is 1. The van der Waals surface area contributed by atoms with Crippen LogP contribution in [0.15, 0.2) is 18.5 Å². The summed E-state index contributed by atoms with van der Waals surface area (Å²) in [5.74, 6) is 0.719. The molecule has 0 aliphatic rings. The van der Waals surface area contributed by atoms with Gasteiger partial charge in [0.2, 0.25) is 0 Å². The summed E-state index contributed by atoms with van der Waals surface area (Å²) >= 11 is 5.91. The van der Waals surface area contributed by atoms with E-state index in [0.717, 1.165) is 17.1 Å². The van der Waals surface area contributed by atoms with Crippen LogP contribution in [0.2, 0.25) is 5.02 Å². The Kier molecular flexibility index (Phi) is 2.36. The van der Waals surface area contributed by atoms with Gasteiger partial charge in [-0.15, -0.1) is 0 Å². The Morgan fingerprint density at radius 1 is 1.40 bits per heavy atom. The molecule has 2 aromatic heterocycles. The SMILES string of the molecule is Cc1cc(-n2cc(Cl)c(C)n2)ncc1N. The third kappa shape index (κ3) is 1.80. The topological polar surface area (TPSA) is 56.7 Å². The molecule has 0 unspecified atom stereocenters. The Labute approximate surface area is 92.7 Å². The van der Waals surface area contributed by atoms with Crippen molar-refractivity contribution in [3.63, 3.8) is 0 Å². The lowest BCUT2D eigenvalue weighted by Gasteiger charge is -2.03. The van der Waals surface area contributed by atoms with Crippen molar-refractivity contribution >= 4 is 17.3 Å². The van der Waals surface area contributed by atoms with Crippen LogP contribution in [0, 0.1) is 13.8 Å². The molecule has 15 heavy (non-hydrogen) atoms. The number of aromatic nitrogens is 3. The highest BCUT2D eigenvalue weighted by atomic mass is 35.5. The van der Waals surface area contributed by atoms with Gasteiger partial charge in [-0.1, -0.05) is 11.6 Å². The van der Waals surface area contributed by atoms with Crippen LogP contribution >= 0.6 is 11.6 Å². The maximum absolute atomic E-state index is 5.91. The van der Waals surface area contributed by atoms with E-state index in [9.17, 15) is 0 Å². The van der Waals surface area contributed by atoms with Gasteiger partial charge in [-0.05, 0) is 25.5 Å². The van der Waals surface area contributed by atoms with Gasteiger partial charge in [0, 0.05) is 0 Å². The summed E-state index contributed by atoms with van der Waals surface area (Å²) in [4.78, 5) is 4.18. The molecule has 0 radical (unpaired) electrons. The number of anilines is 1. The van der Waals surface area contributed by atoms with Gasteiger partial charge in [-0.25, -0.2) is 9.67 Å². The first kappa shape index (κ1) is 9.98. The molecule has 0 amide bonds. The zero-order valence-corrected chi connectivity index (χ0v) is 9.28. The summed E-state index contributed by atoms with van der Waals surface area (Å²) in [6.07, 6.45) is 3.35. The van der Waals surface area contributed by atoms with Gasteiger partial charge >= 0.3 is 0 Å². The molecule has 2 heterocycles. The fourth-order valence-electron chi connectivity index (χ4n) is 1.23. The molecule has 0 aliphatic carbocycles. The van der Waals surface area contributed by atoms with Gasteiger partial charge < -0.3 is 5.73 Å². The number of hydrogen-bond acceptors (Lipinski definition) is 3. The second-order valence-corrected chi connectivity index (χ2v) is 3.81. The molecule has 0 saturated carbocycles. The monoisotopic (exact) mass is 222 g/mol. The smallest absolute Gasteiger partial charge is 0.153 e. The Morgan fingerprint density at radius 2 is 2.13 bits per heavy atom. The summed E-state index contributed by atoms with van der Waals surface area (Å²) in [6, 6.07) is 1.87. The van der Waals surface area contributed by atoms with Crippen LogP contribution in [-0.4, -0.2) is 14.8 Å². The minimum absolute atomic E-state index is 0.631. The van der Waals surface area contributed by atoms with Crippen molar-refractivity contribution in [3.8, 4) is 5.82 Å². The quantitative estimate of drug-likeness (QED) is 0.804. The highest BCUT2D eigenvalue weighted by molar-refractivity contribution is 6.31. The van der Waals surface area contributed by atoms with Gasteiger partial charge in [-0.3, -0.25) is 0 Å². The number of rotatable bonds is 1. The summed E-state index contributed by atoms with van der Waals surface area (Å²) < 4.78 is 1.64. The first-order valence-electron chi connectivity index (χ1n) is 4.52. The molecule has 0 aromatic carbocycles. The normalized spacial score (nSPS) is 10.6. The largest absolute Gasteiger partial charge is 0.397 e. The van der Waals surface area contributed by atoms with E-state index < -0.39 is 0 Å². The lowest BCUT2D eigenvalue weighted by molar-refractivity contribution is 0.831. The van der Waals surface area contributed by atoms with E-state index in [2.05, 4.69) is 10.1 Å². The van der Waals surface area contributed by atoms with E-state index in [1.165, 1.54) is 0 Å². The van der Waals surface area contributed by atoms with Crippen molar-refractivity contribution in [3.05, 3.63) is 34.7 Å². The van der Waals surface area contributed by atoms with E-state index in [-0.39, 0.29) is 0 Å². The molecule has 2 rings (SSSR count). The highest BCUT2D eigenvalue weighted by Crippen LogP contribution is 2.17. The third-order valence-electron chi connectivity index (χ3n) is 2.21. The fraction of sp³-hybridized carbons (Fsp3) is 0.200. The van der Waals surface area contributed by atoms with E-state index >= 15 is 0 Å². The van der Waals surface area contributed by atoms with Gasteiger partial charge in [0.05, 0.1) is 28.8 Å². The van der Waals surface area contributed by atoms with Crippen LogP contribution in [0.4, 0.5) is 5.69 Å². The molecule has 2 N–H and O–H groups in total. The molecule has 0 saturated heterocycles. The lowest BCUT2D eigenvalue weighted by atomic mass is 10.2. The summed E-state index contributed by atoms with van der Waals surface area (Å²) in [7, 11) is 0. The van der Waals surface area contributed by atoms with Crippen molar-refractivity contribution in [1.29, 1.82) is 0 Å². The maximum Gasteiger partial charge on any atom is 0.153 e. The summed E-state index contributed by atoms with van der Waals surface area (Å²) in [6.45, 7) is 3.78. The second-order valence-electron chi connectivity index (χ2n) is 3.41. The molecular formula is C10H11ClN4. The molecule has 0 bridgehead atoms. The van der Waals surface area contributed by atoms with Crippen LogP contribution in [0.3, 0.4) is 0 Å². The second kappa shape index (κ2) is 3.55. The molecule has 5 heteroatoms. The van der Waals surface area contributed by atoms with Crippen LogP contribution in [0.25, 0.3) is 5.82 Å². The van der Waals surface area contributed by atoms with Crippen molar-refractivity contribution in [2.24, 2.45) is 0 Å². The van der Waals surface area contributed by atoms with Crippen LogP contribution in [0.5, 0.6) is 0 Å². The molecule has 0 spiro atoms. The van der Waals surface area contributed by atoms with Crippen molar-refractivity contribution < 1.29 is 0 Å². The van der Waals surface area contributed by atoms with Crippen molar-refractivity contribution in [2.45, 2.75) is 13.8 Å². The lowest BCUT2D eigenvalue weighted by Crippen LogP contribution is -2.00. The number of pyridine rings is 1. The number of nitrogens with two attached hydrogens (primary N) is 1. The molecule has 78 valence electrons. The molecular weight excluding hydrogens is 212 g/mol. The minimum atomic E-state index is 0.631. The third-order valence-corrected chi connectivity index (χ3v) is 2.58. The fourth-order valence-corrected chi connectivity index (χ4v) is 1.36. The van der Waals surface area contributed by atoms with Crippen LogP contribution in [-0.2, 0) is 0 Å². The molecule has 4 nitrogen and oxygen atoms in total. The molecule has 0 atom stereocenters. The maximum atomic E-state index is 5.91. The molecule has 2 aromatic rings. The number of hydrogen-bond donors (Lipinski definition) is 1. The number of halogens is 1. The first-order valence-corrected chi connectivity index (χ1v) is 4.90. The summed E-state index contributed by atoms with van der Waals surface area (Å²) in [5, 5.41) is 4.86. The van der Waals surface area contributed by atoms with Crippen LogP contribution in [0.1, 0.15) is 11.3 Å². The van der Waals surface area contributed by atoms with E-state index in [1.807, 2.05) is 19.9 Å². The average Bonchev–Trinajstić information content (AvgIpc) is 2.52. The standard InChI is InChI=1S/C10H11ClN4/c1-6-3-10(13-4-9(6)12)15-5-8(11)7(2)14-15/h3-5H,12H2,1-2H3. The number of aryl methyl sites for hydroxylation is 2. The summed E-state index contributed by atoms with van der Waals surface area (Å²) in [5.41, 5.74) is 8.12. The zero-order valence-electron chi connectivity index (χ0n) is 8.53. The Morgan fingerprint density at radius 3 is 2.67 bits per heavy atom. The Balaban J connectivity index is 2.49. The van der Waals surface area contributed by atoms with Gasteiger partial charge in [0.1, 0.15) is 0 Å². The first-order chi connectivity index (χ1) is 7.08. The van der Waals surface area contributed by atoms with Gasteiger partial charge in [0.15, 0.2) is 5.82 Å². The predicted molar refractivity (Wildman–Crippen MR) is 60.3 cm³/mol. The van der Waals surface area contributed by atoms with Crippen LogP contribution < -0.4 is 5.73 Å². The Hall–Kier alpha value is -1.55. The van der Waals surface area contributed by atoms with Gasteiger partial charge in [-0.2, -0.15) is 5.10 Å². The minimum Gasteiger partial charge on any atom is -0.397 e. The molecule has 0 aliphatic heterocycles. The van der Waals surface area contributed by atoms with Gasteiger partial charge in [0.25, 0.3) is 0 Å². The highest BCUT2D eigenvalue weighted by Gasteiger charge is 2.05. The Bertz CT molecular complexity index is 485. The van der Waals surface area contributed by atoms with E-state index in [0.29, 0.717) is 10.7 Å². The van der Waals surface area contributed by atoms with Crippen molar-refractivity contribution in [1.82, 2.24) is 14.8 Å². The molecule has 0 fully saturated rings. The van der Waals surface area contributed by atoms with Crippen molar-refractivity contribution in [2.75, 3.05) is 5.73 Å².